The van der Waals surface area contributed by atoms with Gasteiger partial charge in [-0.1, -0.05) is 115 Å². The molecule has 3 aromatic heterocycles. The van der Waals surface area contributed by atoms with E-state index in [4.69, 9.17) is 23.8 Å². The molecular formula is C45H25N3O2. The monoisotopic (exact) mass is 639 g/mol. The van der Waals surface area contributed by atoms with E-state index in [-0.39, 0.29) is 0 Å². The first kappa shape index (κ1) is 27.1. The SMILES string of the molecule is c1ccc2c(c1)ccc1c3cc(-c4nc(-c5ccc6c(c5)oc5ccccc56)nc(-c5cccc6oc7ccccc7c56)n4)ccc3ccc21. The van der Waals surface area contributed by atoms with Crippen molar-refractivity contribution in [2.24, 2.45) is 0 Å². The molecule has 11 rings (SSSR count). The second-order valence-electron chi connectivity index (χ2n) is 12.8. The molecule has 0 unspecified atom stereocenters. The highest BCUT2D eigenvalue weighted by Gasteiger charge is 2.19. The van der Waals surface area contributed by atoms with Crippen LogP contribution in [0.15, 0.2) is 160 Å². The van der Waals surface area contributed by atoms with Gasteiger partial charge in [-0.15, -0.1) is 0 Å². The Labute approximate surface area is 285 Å². The van der Waals surface area contributed by atoms with Crippen LogP contribution < -0.4 is 0 Å². The van der Waals surface area contributed by atoms with Crippen LogP contribution in [0, 0.1) is 0 Å². The largest absolute Gasteiger partial charge is 0.456 e. The lowest BCUT2D eigenvalue weighted by Gasteiger charge is -2.11. The van der Waals surface area contributed by atoms with E-state index in [9.17, 15) is 0 Å². The van der Waals surface area contributed by atoms with Gasteiger partial charge in [0.25, 0.3) is 0 Å². The molecule has 5 nitrogen and oxygen atoms in total. The lowest BCUT2D eigenvalue weighted by Crippen LogP contribution is -2.00. The Morgan fingerprint density at radius 2 is 0.860 bits per heavy atom. The molecule has 0 bridgehead atoms. The Hall–Kier alpha value is -6.85. The van der Waals surface area contributed by atoms with E-state index >= 15 is 0 Å². The number of para-hydroxylation sites is 2. The maximum atomic E-state index is 6.28. The molecule has 0 atom stereocenters. The Morgan fingerprint density at radius 1 is 0.320 bits per heavy atom. The molecule has 8 aromatic carbocycles. The number of hydrogen-bond donors (Lipinski definition) is 0. The Morgan fingerprint density at radius 3 is 1.70 bits per heavy atom. The molecule has 0 aliphatic rings. The van der Waals surface area contributed by atoms with Gasteiger partial charge in [-0.05, 0) is 68.7 Å². The molecule has 3 heterocycles. The standard InChI is InChI=1S/C45H25N3O2/c1-2-9-30-26(8-1)18-22-32-31(30)21-19-27-16-17-28(24-37(27)32)43-46-44(29-20-23-34-33-10-3-5-13-38(33)50-41(34)25-29)48-45(47-43)36-12-7-15-40-42(36)35-11-4-6-14-39(35)49-40/h1-25H. The van der Waals surface area contributed by atoms with Gasteiger partial charge < -0.3 is 8.83 Å². The van der Waals surface area contributed by atoms with Crippen molar-refractivity contribution < 1.29 is 8.83 Å². The van der Waals surface area contributed by atoms with Gasteiger partial charge in [0, 0.05) is 38.2 Å². The average molecular weight is 640 g/mol. The van der Waals surface area contributed by atoms with Crippen LogP contribution in [0.5, 0.6) is 0 Å². The van der Waals surface area contributed by atoms with Crippen LogP contribution in [0.3, 0.4) is 0 Å². The molecule has 0 spiro atoms. The molecule has 0 N–H and O–H groups in total. The van der Waals surface area contributed by atoms with E-state index in [0.717, 1.165) is 71.3 Å². The lowest BCUT2D eigenvalue weighted by molar-refractivity contribution is 0.668. The molecule has 50 heavy (non-hydrogen) atoms. The van der Waals surface area contributed by atoms with Gasteiger partial charge in [0.2, 0.25) is 0 Å². The number of furan rings is 2. The molecule has 0 aliphatic heterocycles. The second-order valence-corrected chi connectivity index (χ2v) is 12.8. The minimum atomic E-state index is 0.571. The second kappa shape index (κ2) is 10.3. The summed E-state index contributed by atoms with van der Waals surface area (Å²) in [5, 5.41) is 11.4. The van der Waals surface area contributed by atoms with Crippen molar-refractivity contribution in [2.75, 3.05) is 0 Å². The van der Waals surface area contributed by atoms with Crippen molar-refractivity contribution in [1.82, 2.24) is 15.0 Å². The average Bonchev–Trinajstić information content (AvgIpc) is 3.75. The van der Waals surface area contributed by atoms with Crippen LogP contribution >= 0.6 is 0 Å². The van der Waals surface area contributed by atoms with Gasteiger partial charge in [0.15, 0.2) is 17.5 Å². The van der Waals surface area contributed by atoms with Gasteiger partial charge in [0.1, 0.15) is 22.3 Å². The summed E-state index contributed by atoms with van der Waals surface area (Å²) in [6.45, 7) is 0. The summed E-state index contributed by atoms with van der Waals surface area (Å²) >= 11 is 0. The van der Waals surface area contributed by atoms with Crippen LogP contribution in [0.2, 0.25) is 0 Å². The predicted octanol–water partition coefficient (Wildman–Crippen LogP) is 12.1. The molecule has 5 heteroatoms. The molecule has 0 amide bonds. The van der Waals surface area contributed by atoms with Crippen molar-refractivity contribution in [3.8, 4) is 34.2 Å². The smallest absolute Gasteiger partial charge is 0.164 e. The quantitative estimate of drug-likeness (QED) is 0.180. The van der Waals surface area contributed by atoms with Crippen LogP contribution in [0.4, 0.5) is 0 Å². The molecule has 0 saturated carbocycles. The summed E-state index contributed by atoms with van der Waals surface area (Å²) in [6, 6.07) is 52.3. The van der Waals surface area contributed by atoms with Crippen molar-refractivity contribution in [1.29, 1.82) is 0 Å². The van der Waals surface area contributed by atoms with Crippen LogP contribution in [0.25, 0.3) is 110 Å². The van der Waals surface area contributed by atoms with E-state index in [0.29, 0.717) is 17.5 Å². The highest BCUT2D eigenvalue weighted by atomic mass is 16.3. The number of benzene rings is 8. The molecule has 232 valence electrons. The molecule has 0 radical (unpaired) electrons. The van der Waals surface area contributed by atoms with Gasteiger partial charge in [0.05, 0.1) is 0 Å². The van der Waals surface area contributed by atoms with Crippen LogP contribution in [0.1, 0.15) is 0 Å². The summed E-state index contributed by atoms with van der Waals surface area (Å²) in [6.07, 6.45) is 0. The van der Waals surface area contributed by atoms with E-state index in [1.807, 2.05) is 54.6 Å². The number of nitrogens with zero attached hydrogens (tertiary/aromatic N) is 3. The Bertz CT molecular complexity index is 3170. The number of aromatic nitrogens is 3. The lowest BCUT2D eigenvalue weighted by atomic mass is 9.96. The minimum Gasteiger partial charge on any atom is -0.456 e. The number of fused-ring (bicyclic) bond motifs is 11. The zero-order valence-electron chi connectivity index (χ0n) is 26.6. The maximum absolute atomic E-state index is 6.28. The molecular weight excluding hydrogens is 615 g/mol. The topological polar surface area (TPSA) is 65.0 Å². The number of hydrogen-bond acceptors (Lipinski definition) is 5. The van der Waals surface area contributed by atoms with Crippen molar-refractivity contribution in [3.63, 3.8) is 0 Å². The third kappa shape index (κ3) is 4.04. The third-order valence-electron chi connectivity index (χ3n) is 9.92. The van der Waals surface area contributed by atoms with Gasteiger partial charge in [-0.2, -0.15) is 0 Å². The van der Waals surface area contributed by atoms with Gasteiger partial charge in [-0.3, -0.25) is 0 Å². The van der Waals surface area contributed by atoms with Crippen LogP contribution in [-0.2, 0) is 0 Å². The first-order chi connectivity index (χ1) is 24.7. The zero-order valence-corrected chi connectivity index (χ0v) is 26.6. The highest BCUT2D eigenvalue weighted by molar-refractivity contribution is 6.18. The fourth-order valence-electron chi connectivity index (χ4n) is 7.54. The molecule has 0 fully saturated rings. The fourth-order valence-corrected chi connectivity index (χ4v) is 7.54. The Kier molecular flexibility index (Phi) is 5.60. The van der Waals surface area contributed by atoms with Crippen molar-refractivity contribution >= 4 is 76.2 Å². The summed E-state index contributed by atoms with van der Waals surface area (Å²) in [4.78, 5) is 15.5. The van der Waals surface area contributed by atoms with Gasteiger partial charge in [-0.25, -0.2) is 15.0 Å². The molecule has 11 aromatic rings. The van der Waals surface area contributed by atoms with E-state index in [2.05, 4.69) is 97.1 Å². The minimum absolute atomic E-state index is 0.571. The molecule has 0 aliphatic carbocycles. The summed E-state index contributed by atoms with van der Waals surface area (Å²) in [5.41, 5.74) is 5.92. The summed E-state index contributed by atoms with van der Waals surface area (Å²) in [7, 11) is 0. The first-order valence-corrected chi connectivity index (χ1v) is 16.7. The summed E-state index contributed by atoms with van der Waals surface area (Å²) < 4.78 is 12.5. The fraction of sp³-hybridized carbons (Fsp3) is 0. The predicted molar refractivity (Wildman–Crippen MR) is 203 cm³/mol. The summed E-state index contributed by atoms with van der Waals surface area (Å²) in [5.74, 6) is 1.75. The van der Waals surface area contributed by atoms with Crippen molar-refractivity contribution in [2.45, 2.75) is 0 Å². The first-order valence-electron chi connectivity index (χ1n) is 16.7. The maximum Gasteiger partial charge on any atom is 0.164 e. The number of rotatable bonds is 3. The van der Waals surface area contributed by atoms with E-state index in [1.165, 1.54) is 21.5 Å². The molecule has 0 saturated heterocycles. The highest BCUT2D eigenvalue weighted by Crippen LogP contribution is 2.38. The zero-order chi connectivity index (χ0) is 32.8. The van der Waals surface area contributed by atoms with E-state index in [1.54, 1.807) is 0 Å². The third-order valence-corrected chi connectivity index (χ3v) is 9.92. The van der Waals surface area contributed by atoms with Crippen LogP contribution in [-0.4, -0.2) is 15.0 Å². The Balaban J connectivity index is 1.17. The normalized spacial score (nSPS) is 12.0. The van der Waals surface area contributed by atoms with Crippen molar-refractivity contribution in [3.05, 3.63) is 152 Å². The van der Waals surface area contributed by atoms with E-state index < -0.39 is 0 Å². The van der Waals surface area contributed by atoms with Gasteiger partial charge >= 0.3 is 0 Å².